The maximum atomic E-state index is 12.6. The van der Waals surface area contributed by atoms with E-state index in [1.807, 2.05) is 12.1 Å². The first-order chi connectivity index (χ1) is 15.3. The summed E-state index contributed by atoms with van der Waals surface area (Å²) in [6.45, 7) is 1.60. The van der Waals surface area contributed by atoms with E-state index in [4.69, 9.17) is 9.47 Å². The lowest BCUT2D eigenvalue weighted by Crippen LogP contribution is -2.34. The van der Waals surface area contributed by atoms with E-state index < -0.39 is 23.7 Å². The maximum absolute atomic E-state index is 12.6. The van der Waals surface area contributed by atoms with Crippen LogP contribution in [0.1, 0.15) is 23.6 Å². The number of thioether (sulfide) groups is 1. The first-order valence-electron chi connectivity index (χ1n) is 9.34. The SMILES string of the molecule is CCOC(=O)CN1C(=O)S/C(=C/c2cc(Br)c(OCc3ccccc3C#N)c(Br)c2)C1=O. The van der Waals surface area contributed by atoms with E-state index >= 15 is 0 Å². The summed E-state index contributed by atoms with van der Waals surface area (Å²) in [4.78, 5) is 37.4. The van der Waals surface area contributed by atoms with Crippen molar-refractivity contribution in [2.24, 2.45) is 0 Å². The smallest absolute Gasteiger partial charge is 0.326 e. The quantitative estimate of drug-likeness (QED) is 0.326. The number of carbonyl (C=O) groups excluding carboxylic acids is 3. The first kappa shape index (κ1) is 24.0. The molecule has 1 aliphatic rings. The summed E-state index contributed by atoms with van der Waals surface area (Å²) in [6.07, 6.45) is 1.57. The first-order valence-corrected chi connectivity index (χ1v) is 11.7. The fourth-order valence-electron chi connectivity index (χ4n) is 2.83. The van der Waals surface area contributed by atoms with Crippen molar-refractivity contribution >= 4 is 66.8 Å². The molecule has 0 N–H and O–H groups in total. The zero-order valence-electron chi connectivity index (χ0n) is 16.8. The van der Waals surface area contributed by atoms with Gasteiger partial charge in [0.2, 0.25) is 0 Å². The third-order valence-corrected chi connectivity index (χ3v) is 6.38. The second-order valence-corrected chi connectivity index (χ2v) is 9.15. The van der Waals surface area contributed by atoms with Crippen molar-refractivity contribution in [2.75, 3.05) is 13.2 Å². The number of nitrogens with zero attached hydrogens (tertiary/aromatic N) is 2. The van der Waals surface area contributed by atoms with Crippen LogP contribution >= 0.6 is 43.6 Å². The molecule has 32 heavy (non-hydrogen) atoms. The van der Waals surface area contributed by atoms with Crippen LogP contribution in [0.3, 0.4) is 0 Å². The molecular formula is C22H16Br2N2O5S. The third-order valence-electron chi connectivity index (χ3n) is 4.29. The van der Waals surface area contributed by atoms with Gasteiger partial charge in [-0.05, 0) is 80.4 Å². The van der Waals surface area contributed by atoms with Crippen LogP contribution in [-0.2, 0) is 20.9 Å². The summed E-state index contributed by atoms with van der Waals surface area (Å²) in [5.74, 6) is -0.653. The van der Waals surface area contributed by atoms with E-state index in [-0.39, 0.29) is 18.1 Å². The molecule has 0 spiro atoms. The van der Waals surface area contributed by atoms with Crippen molar-refractivity contribution in [2.45, 2.75) is 13.5 Å². The van der Waals surface area contributed by atoms with Gasteiger partial charge in [-0.1, -0.05) is 18.2 Å². The lowest BCUT2D eigenvalue weighted by molar-refractivity contribution is -0.145. The zero-order valence-corrected chi connectivity index (χ0v) is 20.8. The Balaban J connectivity index is 1.77. The summed E-state index contributed by atoms with van der Waals surface area (Å²) in [7, 11) is 0. The van der Waals surface area contributed by atoms with Crippen LogP contribution in [0, 0.1) is 11.3 Å². The number of nitriles is 1. The number of benzene rings is 2. The number of ether oxygens (including phenoxy) is 2. The van der Waals surface area contributed by atoms with Crippen LogP contribution in [0.4, 0.5) is 4.79 Å². The van der Waals surface area contributed by atoms with Crippen molar-refractivity contribution in [3.8, 4) is 11.8 Å². The van der Waals surface area contributed by atoms with E-state index in [1.165, 1.54) is 0 Å². The Labute approximate surface area is 205 Å². The molecular weight excluding hydrogens is 564 g/mol. The molecule has 1 heterocycles. The van der Waals surface area contributed by atoms with Crippen molar-refractivity contribution in [1.29, 1.82) is 5.26 Å². The fraction of sp³-hybridized carbons (Fsp3) is 0.182. The van der Waals surface area contributed by atoms with Crippen molar-refractivity contribution in [1.82, 2.24) is 4.90 Å². The molecule has 7 nitrogen and oxygen atoms in total. The summed E-state index contributed by atoms with van der Waals surface area (Å²) >= 11 is 7.69. The third kappa shape index (κ3) is 5.59. The van der Waals surface area contributed by atoms with Gasteiger partial charge in [0, 0.05) is 5.56 Å². The lowest BCUT2D eigenvalue weighted by Gasteiger charge is -2.12. The number of rotatable bonds is 7. The van der Waals surface area contributed by atoms with E-state index in [9.17, 15) is 19.6 Å². The monoisotopic (exact) mass is 578 g/mol. The number of hydrogen-bond donors (Lipinski definition) is 0. The molecule has 2 aromatic carbocycles. The van der Waals surface area contributed by atoms with Crippen molar-refractivity contribution < 1.29 is 23.9 Å². The van der Waals surface area contributed by atoms with Crippen molar-refractivity contribution in [3.05, 3.63) is 66.9 Å². The van der Waals surface area contributed by atoms with Crippen LogP contribution in [-0.4, -0.2) is 35.2 Å². The number of imide groups is 1. The van der Waals surface area contributed by atoms with Gasteiger partial charge in [0.1, 0.15) is 18.9 Å². The Kier molecular flexibility index (Phi) is 8.12. The van der Waals surface area contributed by atoms with Crippen LogP contribution in [0.15, 0.2) is 50.2 Å². The Hall–Kier alpha value is -2.61. The maximum Gasteiger partial charge on any atom is 0.326 e. The van der Waals surface area contributed by atoms with E-state index in [0.29, 0.717) is 25.8 Å². The van der Waals surface area contributed by atoms with Gasteiger partial charge in [-0.3, -0.25) is 19.3 Å². The van der Waals surface area contributed by atoms with Gasteiger partial charge in [-0.25, -0.2) is 0 Å². The summed E-state index contributed by atoms with van der Waals surface area (Å²) in [5, 5.41) is 8.69. The Morgan fingerprint density at radius 2 is 1.91 bits per heavy atom. The lowest BCUT2D eigenvalue weighted by atomic mass is 10.1. The molecule has 0 aliphatic carbocycles. The molecule has 164 valence electrons. The molecule has 3 rings (SSSR count). The van der Waals surface area contributed by atoms with E-state index in [0.717, 1.165) is 22.2 Å². The van der Waals surface area contributed by atoms with Crippen LogP contribution in [0.25, 0.3) is 6.08 Å². The van der Waals surface area contributed by atoms with Crippen molar-refractivity contribution in [3.63, 3.8) is 0 Å². The molecule has 10 heteroatoms. The molecule has 0 radical (unpaired) electrons. The number of esters is 1. The highest BCUT2D eigenvalue weighted by molar-refractivity contribution is 9.11. The Bertz CT molecular complexity index is 1140. The largest absolute Gasteiger partial charge is 0.486 e. The minimum absolute atomic E-state index is 0.170. The number of halogens is 2. The molecule has 1 fully saturated rings. The molecule has 2 amide bonds. The second-order valence-electron chi connectivity index (χ2n) is 6.44. The Morgan fingerprint density at radius 3 is 2.56 bits per heavy atom. The molecule has 2 aromatic rings. The standard InChI is InChI=1S/C22H16Br2N2O5S/c1-2-30-19(27)11-26-21(28)18(32-22(26)29)9-13-7-16(23)20(17(24)8-13)31-12-15-6-4-3-5-14(15)10-25/h3-9H,2,11-12H2,1H3/b18-9+. The second kappa shape index (κ2) is 10.8. The number of carbonyl (C=O) groups is 3. The molecule has 0 atom stereocenters. The molecule has 1 aliphatic heterocycles. The highest BCUT2D eigenvalue weighted by Crippen LogP contribution is 2.38. The average Bonchev–Trinajstić information content (AvgIpc) is 3.01. The highest BCUT2D eigenvalue weighted by Gasteiger charge is 2.36. The molecule has 0 aromatic heterocycles. The van der Waals surface area contributed by atoms with Crippen LogP contribution in [0.5, 0.6) is 5.75 Å². The summed E-state index contributed by atoms with van der Waals surface area (Å²) in [5.41, 5.74) is 1.94. The van der Waals surface area contributed by atoms with Gasteiger partial charge in [-0.2, -0.15) is 5.26 Å². The zero-order chi connectivity index (χ0) is 23.3. The minimum atomic E-state index is -0.638. The summed E-state index contributed by atoms with van der Waals surface area (Å²) < 4.78 is 11.9. The van der Waals surface area contributed by atoms with Crippen LogP contribution < -0.4 is 4.74 Å². The minimum Gasteiger partial charge on any atom is -0.486 e. The van der Waals surface area contributed by atoms with Gasteiger partial charge in [0.15, 0.2) is 0 Å². The van der Waals surface area contributed by atoms with E-state index in [2.05, 4.69) is 37.9 Å². The van der Waals surface area contributed by atoms with Gasteiger partial charge in [0.05, 0.1) is 32.1 Å². The van der Waals surface area contributed by atoms with Gasteiger partial charge in [-0.15, -0.1) is 0 Å². The average molecular weight is 580 g/mol. The van der Waals surface area contributed by atoms with Crippen LogP contribution in [0.2, 0.25) is 0 Å². The molecule has 0 bridgehead atoms. The van der Waals surface area contributed by atoms with Gasteiger partial charge < -0.3 is 9.47 Å². The van der Waals surface area contributed by atoms with Gasteiger partial charge >= 0.3 is 5.97 Å². The number of amides is 2. The summed E-state index contributed by atoms with van der Waals surface area (Å²) in [6, 6.07) is 12.8. The molecule has 0 saturated carbocycles. The number of hydrogen-bond acceptors (Lipinski definition) is 7. The topological polar surface area (TPSA) is 96.7 Å². The highest BCUT2D eigenvalue weighted by atomic mass is 79.9. The molecule has 1 saturated heterocycles. The predicted octanol–water partition coefficient (Wildman–Crippen LogP) is 5.26. The van der Waals surface area contributed by atoms with Gasteiger partial charge in [0.25, 0.3) is 11.1 Å². The fourth-order valence-corrected chi connectivity index (χ4v) is 5.12. The molecule has 0 unspecified atom stereocenters. The Morgan fingerprint density at radius 1 is 1.22 bits per heavy atom. The van der Waals surface area contributed by atoms with E-state index in [1.54, 1.807) is 37.3 Å². The normalized spacial score (nSPS) is 14.6. The predicted molar refractivity (Wildman–Crippen MR) is 127 cm³/mol.